The molecule has 0 atom stereocenters. The second-order valence-electron chi connectivity index (χ2n) is 2.22. The predicted molar refractivity (Wildman–Crippen MR) is 52.6 cm³/mol. The summed E-state index contributed by atoms with van der Waals surface area (Å²) in [7, 11) is 0. The summed E-state index contributed by atoms with van der Waals surface area (Å²) >= 11 is 6.76. The van der Waals surface area contributed by atoms with Crippen LogP contribution in [0.1, 0.15) is 5.56 Å². The maximum atomic E-state index is 8.65. The Hall–Kier alpha value is 0.140. The number of hydrogen-bond acceptors (Lipinski definition) is 1. The van der Waals surface area contributed by atoms with Gasteiger partial charge in [0.15, 0.2) is 0 Å². The second-order valence-corrected chi connectivity index (χ2v) is 3.93. The number of halogens is 2. The van der Waals surface area contributed by atoms with Gasteiger partial charge in [-0.1, -0.05) is 6.07 Å². The molecule has 0 aliphatic rings. The van der Waals surface area contributed by atoms with Crippen molar-refractivity contribution < 1.29 is 5.11 Å². The summed E-state index contributed by atoms with van der Waals surface area (Å²) in [6.07, 6.45) is 0.714. The highest BCUT2D eigenvalue weighted by molar-refractivity contribution is 9.13. The topological polar surface area (TPSA) is 20.2 Å². The van der Waals surface area contributed by atoms with Crippen molar-refractivity contribution in [1.29, 1.82) is 0 Å². The van der Waals surface area contributed by atoms with Crippen molar-refractivity contribution in [2.24, 2.45) is 0 Å². The minimum Gasteiger partial charge on any atom is -0.396 e. The SMILES string of the molecule is OCCc1ccc(Br)c(Br)c1. The Labute approximate surface area is 82.7 Å². The number of hydrogen-bond donors (Lipinski definition) is 1. The Kier molecular flexibility index (Phi) is 3.55. The molecular weight excluding hydrogens is 272 g/mol. The van der Waals surface area contributed by atoms with E-state index < -0.39 is 0 Å². The maximum absolute atomic E-state index is 8.65. The van der Waals surface area contributed by atoms with Crippen LogP contribution in [0.2, 0.25) is 0 Å². The van der Waals surface area contributed by atoms with Gasteiger partial charge in [-0.15, -0.1) is 0 Å². The molecule has 0 spiro atoms. The average Bonchev–Trinajstić information content (AvgIpc) is 1.98. The molecule has 0 aliphatic heterocycles. The first-order chi connectivity index (χ1) is 5.24. The quantitative estimate of drug-likeness (QED) is 0.883. The maximum Gasteiger partial charge on any atom is 0.0471 e. The number of benzene rings is 1. The average molecular weight is 280 g/mol. The predicted octanol–water partition coefficient (Wildman–Crippen LogP) is 2.75. The summed E-state index contributed by atoms with van der Waals surface area (Å²) in [5, 5.41) is 8.65. The lowest BCUT2D eigenvalue weighted by Crippen LogP contribution is -1.89. The van der Waals surface area contributed by atoms with Crippen molar-refractivity contribution in [2.45, 2.75) is 6.42 Å². The van der Waals surface area contributed by atoms with Crippen molar-refractivity contribution in [3.05, 3.63) is 32.7 Å². The molecular formula is C8H8Br2O. The summed E-state index contributed by atoms with van der Waals surface area (Å²) < 4.78 is 2.07. The smallest absolute Gasteiger partial charge is 0.0471 e. The Bertz CT molecular complexity index is 248. The van der Waals surface area contributed by atoms with E-state index in [1.54, 1.807) is 0 Å². The molecule has 1 nitrogen and oxygen atoms in total. The van der Waals surface area contributed by atoms with E-state index in [9.17, 15) is 0 Å². The molecule has 0 aliphatic carbocycles. The van der Waals surface area contributed by atoms with E-state index in [0.29, 0.717) is 6.42 Å². The highest BCUT2D eigenvalue weighted by Gasteiger charge is 1.96. The van der Waals surface area contributed by atoms with E-state index in [-0.39, 0.29) is 6.61 Å². The summed E-state index contributed by atoms with van der Waals surface area (Å²) in [6.45, 7) is 0.202. The molecule has 60 valence electrons. The molecule has 0 bridgehead atoms. The van der Waals surface area contributed by atoms with Gasteiger partial charge in [0.25, 0.3) is 0 Å². The van der Waals surface area contributed by atoms with Gasteiger partial charge in [0.1, 0.15) is 0 Å². The fraction of sp³-hybridized carbons (Fsp3) is 0.250. The third kappa shape index (κ3) is 2.58. The van der Waals surface area contributed by atoms with E-state index in [4.69, 9.17) is 5.11 Å². The van der Waals surface area contributed by atoms with Gasteiger partial charge in [0.05, 0.1) is 0 Å². The molecule has 0 heterocycles. The number of aliphatic hydroxyl groups excluding tert-OH is 1. The van der Waals surface area contributed by atoms with Crippen molar-refractivity contribution in [3.8, 4) is 0 Å². The first-order valence-corrected chi connectivity index (χ1v) is 4.87. The van der Waals surface area contributed by atoms with Crippen molar-refractivity contribution in [2.75, 3.05) is 6.61 Å². The van der Waals surface area contributed by atoms with E-state index in [1.165, 1.54) is 0 Å². The lowest BCUT2D eigenvalue weighted by molar-refractivity contribution is 0.299. The fourth-order valence-electron chi connectivity index (χ4n) is 0.824. The number of rotatable bonds is 2. The van der Waals surface area contributed by atoms with Gasteiger partial charge in [0, 0.05) is 15.6 Å². The van der Waals surface area contributed by atoms with Crippen LogP contribution in [0, 0.1) is 0 Å². The van der Waals surface area contributed by atoms with Crippen LogP contribution in [-0.2, 0) is 6.42 Å². The third-order valence-electron chi connectivity index (χ3n) is 1.38. The molecule has 11 heavy (non-hydrogen) atoms. The molecule has 0 amide bonds. The van der Waals surface area contributed by atoms with Gasteiger partial charge in [-0.05, 0) is 56.0 Å². The lowest BCUT2D eigenvalue weighted by atomic mass is 10.2. The summed E-state index contributed by atoms with van der Waals surface area (Å²) in [4.78, 5) is 0. The van der Waals surface area contributed by atoms with E-state index in [1.807, 2.05) is 18.2 Å². The van der Waals surface area contributed by atoms with Crippen LogP contribution in [0.25, 0.3) is 0 Å². The lowest BCUT2D eigenvalue weighted by Gasteiger charge is -2.00. The molecule has 0 aromatic heterocycles. The molecule has 0 unspecified atom stereocenters. The normalized spacial score (nSPS) is 10.1. The molecule has 0 radical (unpaired) electrons. The Balaban J connectivity index is 2.86. The van der Waals surface area contributed by atoms with Crippen LogP contribution >= 0.6 is 31.9 Å². The molecule has 1 N–H and O–H groups in total. The van der Waals surface area contributed by atoms with Crippen LogP contribution in [0.5, 0.6) is 0 Å². The summed E-state index contributed by atoms with van der Waals surface area (Å²) in [5.41, 5.74) is 1.14. The minimum atomic E-state index is 0.202. The molecule has 0 fully saturated rings. The highest BCUT2D eigenvalue weighted by atomic mass is 79.9. The zero-order valence-electron chi connectivity index (χ0n) is 5.85. The van der Waals surface area contributed by atoms with E-state index in [2.05, 4.69) is 31.9 Å². The largest absolute Gasteiger partial charge is 0.396 e. The molecule has 3 heteroatoms. The van der Waals surface area contributed by atoms with Gasteiger partial charge in [-0.3, -0.25) is 0 Å². The standard InChI is InChI=1S/C8H8Br2O/c9-7-2-1-6(3-4-11)5-8(7)10/h1-2,5,11H,3-4H2. The molecule has 1 aromatic rings. The van der Waals surface area contributed by atoms with Crippen molar-refractivity contribution in [1.82, 2.24) is 0 Å². The second kappa shape index (κ2) is 4.24. The first kappa shape index (κ1) is 9.23. The van der Waals surface area contributed by atoms with Gasteiger partial charge >= 0.3 is 0 Å². The van der Waals surface area contributed by atoms with Crippen molar-refractivity contribution in [3.63, 3.8) is 0 Å². The first-order valence-electron chi connectivity index (χ1n) is 3.29. The van der Waals surface area contributed by atoms with E-state index in [0.717, 1.165) is 14.5 Å². The van der Waals surface area contributed by atoms with Crippen LogP contribution in [0.3, 0.4) is 0 Å². The summed E-state index contributed by atoms with van der Waals surface area (Å²) in [5.74, 6) is 0. The van der Waals surface area contributed by atoms with Gasteiger partial charge in [-0.2, -0.15) is 0 Å². The van der Waals surface area contributed by atoms with Gasteiger partial charge in [-0.25, -0.2) is 0 Å². The Morgan fingerprint density at radius 1 is 1.18 bits per heavy atom. The molecule has 0 saturated heterocycles. The molecule has 1 aromatic carbocycles. The van der Waals surface area contributed by atoms with Gasteiger partial charge in [0.2, 0.25) is 0 Å². The van der Waals surface area contributed by atoms with Crippen LogP contribution in [0.4, 0.5) is 0 Å². The van der Waals surface area contributed by atoms with Gasteiger partial charge < -0.3 is 5.11 Å². The van der Waals surface area contributed by atoms with Crippen LogP contribution < -0.4 is 0 Å². The highest BCUT2D eigenvalue weighted by Crippen LogP contribution is 2.23. The Morgan fingerprint density at radius 2 is 1.91 bits per heavy atom. The van der Waals surface area contributed by atoms with Crippen LogP contribution in [0.15, 0.2) is 27.1 Å². The third-order valence-corrected chi connectivity index (χ3v) is 3.26. The molecule has 1 rings (SSSR count). The van der Waals surface area contributed by atoms with E-state index >= 15 is 0 Å². The zero-order chi connectivity index (χ0) is 8.27. The van der Waals surface area contributed by atoms with Crippen LogP contribution in [-0.4, -0.2) is 11.7 Å². The molecule has 0 saturated carbocycles. The monoisotopic (exact) mass is 278 g/mol. The fourth-order valence-corrected chi connectivity index (χ4v) is 1.50. The Morgan fingerprint density at radius 3 is 2.45 bits per heavy atom. The summed E-state index contributed by atoms with van der Waals surface area (Å²) in [6, 6.07) is 5.96. The van der Waals surface area contributed by atoms with Crippen molar-refractivity contribution >= 4 is 31.9 Å². The number of aliphatic hydroxyl groups is 1. The zero-order valence-corrected chi connectivity index (χ0v) is 9.02. The minimum absolute atomic E-state index is 0.202.